The van der Waals surface area contributed by atoms with E-state index in [2.05, 4.69) is 70.2 Å². The highest BCUT2D eigenvalue weighted by molar-refractivity contribution is 5.39. The zero-order chi connectivity index (χ0) is 26.1. The second kappa shape index (κ2) is 16.6. The highest BCUT2D eigenvalue weighted by atomic mass is 14.7. The lowest BCUT2D eigenvalue weighted by Gasteiger charge is -2.04. The van der Waals surface area contributed by atoms with Crippen molar-refractivity contribution >= 4 is 0 Å². The smallest absolute Gasteiger partial charge is 0.140 e. The molecule has 0 fully saturated rings. The molecule has 0 aliphatic carbocycles. The largest absolute Gasteiger partial charge is 0.261 e. The van der Waals surface area contributed by atoms with Crippen molar-refractivity contribution in [2.75, 3.05) is 0 Å². The van der Waals surface area contributed by atoms with Crippen LogP contribution in [0, 0.1) is 39.9 Å². The highest BCUT2D eigenvalue weighted by Crippen LogP contribution is 2.13. The first-order chi connectivity index (χ1) is 16.1. The molecule has 0 aliphatic rings. The van der Waals surface area contributed by atoms with E-state index >= 15 is 0 Å². The van der Waals surface area contributed by atoms with Crippen molar-refractivity contribution in [1.82, 2.24) is 9.97 Å². The van der Waals surface area contributed by atoms with Crippen LogP contribution in [-0.4, -0.2) is 9.97 Å². The summed E-state index contributed by atoms with van der Waals surface area (Å²) in [5.74, 6) is 1.24. The summed E-state index contributed by atoms with van der Waals surface area (Å²) in [4.78, 5) is 8.27. The van der Waals surface area contributed by atoms with Crippen LogP contribution in [0.5, 0.6) is 0 Å². The summed E-state index contributed by atoms with van der Waals surface area (Å²) in [6, 6.07) is 15.2. The Hall–Kier alpha value is -4.01. The van der Waals surface area contributed by atoms with Crippen molar-refractivity contribution < 1.29 is 0 Å². The molecule has 5 nitrogen and oxygen atoms in total. The molecule has 0 saturated carbocycles. The topological polar surface area (TPSA) is 97.1 Å². The normalized spacial score (nSPS) is 10.8. The van der Waals surface area contributed by atoms with E-state index in [0.29, 0.717) is 34.6 Å². The standard InChI is InChI=1S/C11H15N.2C9H10N2/c1-5-10(8-12)7-11(6-2)9(3)4;1-7(2)9-5-8(6-10)3-4-11-9;1-7(2)9-5-3-4-8(6-10)11-9/h5-7,9H,1H2,2-4H3;2*3-5,7H,1-2H3/b10-7+,11-6+;;. The molecular weight excluding hydrogens is 418 g/mol. The lowest BCUT2D eigenvalue weighted by Crippen LogP contribution is -1.93. The fourth-order valence-electron chi connectivity index (χ4n) is 2.57. The lowest BCUT2D eigenvalue weighted by molar-refractivity contribution is 0.789. The van der Waals surface area contributed by atoms with Crippen molar-refractivity contribution in [1.29, 1.82) is 15.8 Å². The Morgan fingerprint density at radius 2 is 1.59 bits per heavy atom. The molecule has 2 heterocycles. The molecule has 0 N–H and O–H groups in total. The minimum atomic E-state index is 0.392. The Balaban J connectivity index is 0.000000481. The second-order valence-electron chi connectivity index (χ2n) is 8.31. The van der Waals surface area contributed by atoms with E-state index in [4.69, 9.17) is 15.8 Å². The maximum absolute atomic E-state index is 8.64. The minimum Gasteiger partial charge on any atom is -0.261 e. The third-order valence-corrected chi connectivity index (χ3v) is 4.65. The molecule has 0 radical (unpaired) electrons. The molecule has 0 aromatic carbocycles. The van der Waals surface area contributed by atoms with Gasteiger partial charge in [-0.25, -0.2) is 4.98 Å². The molecule has 34 heavy (non-hydrogen) atoms. The summed E-state index contributed by atoms with van der Waals surface area (Å²) < 4.78 is 0. The number of allylic oxidation sites excluding steroid dienone is 5. The van der Waals surface area contributed by atoms with Gasteiger partial charge in [0.25, 0.3) is 0 Å². The van der Waals surface area contributed by atoms with E-state index in [1.165, 1.54) is 5.57 Å². The molecular formula is C29H35N5. The van der Waals surface area contributed by atoms with Crippen molar-refractivity contribution in [2.24, 2.45) is 5.92 Å². The Kier molecular flexibility index (Phi) is 14.6. The van der Waals surface area contributed by atoms with Gasteiger partial charge in [-0.2, -0.15) is 15.8 Å². The van der Waals surface area contributed by atoms with Crippen LogP contribution >= 0.6 is 0 Å². The van der Waals surface area contributed by atoms with Crippen LogP contribution in [0.2, 0.25) is 0 Å². The fraction of sp³-hybridized carbons (Fsp3) is 0.345. The van der Waals surface area contributed by atoms with Gasteiger partial charge >= 0.3 is 0 Å². The van der Waals surface area contributed by atoms with Crippen molar-refractivity contribution in [3.8, 4) is 18.2 Å². The Morgan fingerprint density at radius 1 is 0.941 bits per heavy atom. The minimum absolute atomic E-state index is 0.392. The molecule has 0 saturated heterocycles. The van der Waals surface area contributed by atoms with Crippen LogP contribution in [0.15, 0.2) is 72.5 Å². The zero-order valence-corrected chi connectivity index (χ0v) is 21.4. The third kappa shape index (κ3) is 11.6. The van der Waals surface area contributed by atoms with Gasteiger partial charge in [-0.3, -0.25) is 4.98 Å². The van der Waals surface area contributed by atoms with Gasteiger partial charge in [0.1, 0.15) is 11.8 Å². The zero-order valence-electron chi connectivity index (χ0n) is 21.4. The Labute approximate surface area is 205 Å². The first-order valence-corrected chi connectivity index (χ1v) is 11.3. The first kappa shape index (κ1) is 30.0. The average molecular weight is 454 g/mol. The van der Waals surface area contributed by atoms with Gasteiger partial charge in [0.2, 0.25) is 0 Å². The average Bonchev–Trinajstić information content (AvgIpc) is 2.85. The number of hydrogen-bond acceptors (Lipinski definition) is 5. The molecule has 0 amide bonds. The summed E-state index contributed by atoms with van der Waals surface area (Å²) in [5.41, 5.74) is 4.93. The molecule has 0 unspecified atom stereocenters. The summed E-state index contributed by atoms with van der Waals surface area (Å²) in [7, 11) is 0. The summed E-state index contributed by atoms with van der Waals surface area (Å²) in [5, 5.41) is 25.7. The van der Waals surface area contributed by atoms with E-state index < -0.39 is 0 Å². The van der Waals surface area contributed by atoms with Crippen LogP contribution in [0.1, 0.15) is 82.9 Å². The van der Waals surface area contributed by atoms with E-state index in [1.807, 2.05) is 43.3 Å². The van der Waals surface area contributed by atoms with Gasteiger partial charge in [-0.1, -0.05) is 66.3 Å². The number of nitrogens with zero attached hydrogens (tertiary/aromatic N) is 5. The van der Waals surface area contributed by atoms with E-state index in [-0.39, 0.29) is 0 Å². The molecule has 0 spiro atoms. The Morgan fingerprint density at radius 3 is 2.03 bits per heavy atom. The van der Waals surface area contributed by atoms with Crippen LogP contribution < -0.4 is 0 Å². The predicted octanol–water partition coefficient (Wildman–Crippen LogP) is 7.38. The quantitative estimate of drug-likeness (QED) is 0.347. The predicted molar refractivity (Wildman–Crippen MR) is 139 cm³/mol. The van der Waals surface area contributed by atoms with Gasteiger partial charge in [0.15, 0.2) is 0 Å². The summed E-state index contributed by atoms with van der Waals surface area (Å²) in [6.07, 6.45) is 7.14. The summed E-state index contributed by atoms with van der Waals surface area (Å²) in [6.45, 7) is 18.0. The Bertz CT molecular complexity index is 1040. The number of aromatic nitrogens is 2. The van der Waals surface area contributed by atoms with Crippen LogP contribution in [0.25, 0.3) is 0 Å². The van der Waals surface area contributed by atoms with Crippen LogP contribution in [0.4, 0.5) is 0 Å². The molecule has 2 rings (SSSR count). The lowest BCUT2D eigenvalue weighted by atomic mass is 10.0. The molecule has 0 bridgehead atoms. The van der Waals surface area contributed by atoms with Crippen LogP contribution in [0.3, 0.4) is 0 Å². The molecule has 2 aromatic rings. The fourth-order valence-corrected chi connectivity index (χ4v) is 2.57. The number of nitriles is 3. The van der Waals surface area contributed by atoms with Gasteiger partial charge in [-0.15, -0.1) is 0 Å². The number of rotatable bonds is 5. The molecule has 5 heteroatoms. The molecule has 2 aromatic heterocycles. The SMILES string of the molecule is C=C/C(C#N)=C\C(=C/C)C(C)C.CC(C)c1cc(C#N)ccn1.CC(C)c1cccc(C#N)n1. The van der Waals surface area contributed by atoms with E-state index in [0.717, 1.165) is 11.4 Å². The highest BCUT2D eigenvalue weighted by Gasteiger charge is 2.01. The maximum Gasteiger partial charge on any atom is 0.140 e. The molecule has 0 atom stereocenters. The van der Waals surface area contributed by atoms with E-state index in [9.17, 15) is 0 Å². The van der Waals surface area contributed by atoms with Crippen molar-refractivity contribution in [3.05, 3.63) is 95.1 Å². The maximum atomic E-state index is 8.64. The molecule has 0 aliphatic heterocycles. The first-order valence-electron chi connectivity index (χ1n) is 11.3. The van der Waals surface area contributed by atoms with E-state index in [1.54, 1.807) is 24.4 Å². The number of pyridine rings is 2. The van der Waals surface area contributed by atoms with Crippen molar-refractivity contribution in [2.45, 2.75) is 60.3 Å². The van der Waals surface area contributed by atoms with Crippen molar-refractivity contribution in [3.63, 3.8) is 0 Å². The second-order valence-corrected chi connectivity index (χ2v) is 8.31. The van der Waals surface area contributed by atoms with Gasteiger partial charge in [-0.05, 0) is 60.6 Å². The summed E-state index contributed by atoms with van der Waals surface area (Å²) >= 11 is 0. The number of hydrogen-bond donors (Lipinski definition) is 0. The third-order valence-electron chi connectivity index (χ3n) is 4.65. The van der Waals surface area contributed by atoms with Gasteiger partial charge in [0, 0.05) is 17.6 Å². The van der Waals surface area contributed by atoms with Gasteiger partial charge in [0.05, 0.1) is 23.3 Å². The monoisotopic (exact) mass is 453 g/mol. The van der Waals surface area contributed by atoms with Crippen LogP contribution in [-0.2, 0) is 0 Å². The molecule has 176 valence electrons. The van der Waals surface area contributed by atoms with Gasteiger partial charge < -0.3 is 0 Å².